The summed E-state index contributed by atoms with van der Waals surface area (Å²) >= 11 is 0. The Hall–Kier alpha value is -3.25. The Morgan fingerprint density at radius 2 is 1.14 bits per heavy atom. The Morgan fingerprint density at radius 3 is 1.55 bits per heavy atom. The molecule has 0 aromatic heterocycles. The highest BCUT2D eigenvalue weighted by atomic mass is 14.5. The molecule has 0 fully saturated rings. The molecule has 22 heavy (non-hydrogen) atoms. The third-order valence-corrected chi connectivity index (χ3v) is 3.57. The molecule has 0 saturated heterocycles. The van der Waals surface area contributed by atoms with E-state index in [9.17, 15) is 5.26 Å². The molecule has 3 aromatic carbocycles. The topological polar surface area (TPSA) is 75.8 Å². The van der Waals surface area contributed by atoms with E-state index < -0.39 is 0 Å². The molecule has 0 atom stereocenters. The van der Waals surface area contributed by atoms with Gasteiger partial charge in [-0.15, -0.1) is 0 Å². The van der Waals surface area contributed by atoms with Crippen molar-refractivity contribution in [3.05, 3.63) is 72.3 Å². The smallest absolute Gasteiger partial charge is 0.100 e. The number of nitriles is 1. The largest absolute Gasteiger partial charge is 0.399 e. The number of nitrogens with zero attached hydrogens (tertiary/aromatic N) is 1. The quantitative estimate of drug-likeness (QED) is 0.697. The van der Waals surface area contributed by atoms with Gasteiger partial charge in [-0.25, -0.2) is 0 Å². The number of nitrogens with two attached hydrogens (primary N) is 2. The first-order valence-corrected chi connectivity index (χ1v) is 6.94. The fourth-order valence-corrected chi connectivity index (χ4v) is 2.57. The van der Waals surface area contributed by atoms with Crippen molar-refractivity contribution in [2.24, 2.45) is 0 Å². The summed E-state index contributed by atoms with van der Waals surface area (Å²) in [6, 6.07) is 23.2. The zero-order valence-corrected chi connectivity index (χ0v) is 12.0. The Kier molecular flexibility index (Phi) is 3.51. The first-order chi connectivity index (χ1) is 10.7. The van der Waals surface area contributed by atoms with Crippen molar-refractivity contribution in [1.82, 2.24) is 0 Å². The van der Waals surface area contributed by atoms with Crippen LogP contribution in [-0.4, -0.2) is 0 Å². The number of rotatable bonds is 2. The Morgan fingerprint density at radius 1 is 0.682 bits per heavy atom. The summed E-state index contributed by atoms with van der Waals surface area (Å²) in [7, 11) is 0. The molecule has 3 nitrogen and oxygen atoms in total. The van der Waals surface area contributed by atoms with E-state index in [2.05, 4.69) is 6.07 Å². The van der Waals surface area contributed by atoms with Crippen LogP contribution in [0.5, 0.6) is 0 Å². The van der Waals surface area contributed by atoms with Crippen LogP contribution in [0.2, 0.25) is 0 Å². The fourth-order valence-electron chi connectivity index (χ4n) is 2.57. The molecule has 0 amide bonds. The first kappa shape index (κ1) is 13.7. The van der Waals surface area contributed by atoms with E-state index in [0.29, 0.717) is 16.9 Å². The summed E-state index contributed by atoms with van der Waals surface area (Å²) in [4.78, 5) is 0. The van der Waals surface area contributed by atoms with Gasteiger partial charge >= 0.3 is 0 Å². The Labute approximate surface area is 129 Å². The monoisotopic (exact) mass is 285 g/mol. The predicted molar refractivity (Wildman–Crippen MR) is 90.9 cm³/mol. The lowest BCUT2D eigenvalue weighted by Crippen LogP contribution is -1.92. The molecule has 3 aromatic rings. The highest BCUT2D eigenvalue weighted by Crippen LogP contribution is 2.33. The van der Waals surface area contributed by atoms with E-state index in [0.717, 1.165) is 22.3 Å². The second-order valence-corrected chi connectivity index (χ2v) is 5.09. The maximum atomic E-state index is 9.65. The Balaban J connectivity index is 2.23. The molecule has 106 valence electrons. The summed E-state index contributed by atoms with van der Waals surface area (Å²) in [6.07, 6.45) is 0. The molecular formula is C19H15N3. The zero-order valence-electron chi connectivity index (χ0n) is 12.0. The minimum absolute atomic E-state index is 0.624. The SMILES string of the molecule is N#Cc1c(-c2cccc(N)c2)cccc1-c1cccc(N)c1. The molecular weight excluding hydrogens is 270 g/mol. The molecule has 3 rings (SSSR count). The maximum absolute atomic E-state index is 9.65. The molecule has 3 heteroatoms. The van der Waals surface area contributed by atoms with Crippen molar-refractivity contribution in [2.45, 2.75) is 0 Å². The van der Waals surface area contributed by atoms with Gasteiger partial charge in [0.05, 0.1) is 5.56 Å². The minimum Gasteiger partial charge on any atom is -0.399 e. The fraction of sp³-hybridized carbons (Fsp3) is 0. The third kappa shape index (κ3) is 2.50. The van der Waals surface area contributed by atoms with Crippen LogP contribution in [0.4, 0.5) is 11.4 Å². The second kappa shape index (κ2) is 5.63. The van der Waals surface area contributed by atoms with Crippen molar-refractivity contribution in [1.29, 1.82) is 5.26 Å². The van der Waals surface area contributed by atoms with Gasteiger partial charge in [0.1, 0.15) is 6.07 Å². The number of nitrogen functional groups attached to an aromatic ring is 2. The van der Waals surface area contributed by atoms with E-state index in [1.54, 1.807) is 0 Å². The van der Waals surface area contributed by atoms with E-state index >= 15 is 0 Å². The number of hydrogen-bond acceptors (Lipinski definition) is 3. The molecule has 0 aliphatic heterocycles. The molecule has 0 saturated carbocycles. The van der Waals surface area contributed by atoms with Crippen molar-refractivity contribution < 1.29 is 0 Å². The van der Waals surface area contributed by atoms with Crippen molar-refractivity contribution in [3.8, 4) is 28.3 Å². The molecule has 0 aliphatic carbocycles. The molecule has 0 unspecified atom stereocenters. The van der Waals surface area contributed by atoms with Gasteiger partial charge in [-0.1, -0.05) is 42.5 Å². The van der Waals surface area contributed by atoms with Gasteiger partial charge in [-0.3, -0.25) is 0 Å². The predicted octanol–water partition coefficient (Wildman–Crippen LogP) is 4.06. The first-order valence-electron chi connectivity index (χ1n) is 6.94. The minimum atomic E-state index is 0.624. The standard InChI is InChI=1S/C19H15N3/c20-12-19-17(13-4-1-6-15(21)10-13)8-3-9-18(19)14-5-2-7-16(22)11-14/h1-11H,21-22H2. The highest BCUT2D eigenvalue weighted by molar-refractivity contribution is 5.83. The van der Waals surface area contributed by atoms with Crippen LogP contribution >= 0.6 is 0 Å². The van der Waals surface area contributed by atoms with Crippen molar-refractivity contribution >= 4 is 11.4 Å². The molecule has 0 bridgehead atoms. The number of benzene rings is 3. The van der Waals surface area contributed by atoms with E-state index in [4.69, 9.17) is 11.5 Å². The van der Waals surface area contributed by atoms with E-state index in [1.807, 2.05) is 66.7 Å². The van der Waals surface area contributed by atoms with Gasteiger partial charge in [0.15, 0.2) is 0 Å². The summed E-state index contributed by atoms with van der Waals surface area (Å²) in [5, 5.41) is 9.65. The molecule has 4 N–H and O–H groups in total. The van der Waals surface area contributed by atoms with Gasteiger partial charge in [0.2, 0.25) is 0 Å². The Bertz CT molecular complexity index is 812. The zero-order chi connectivity index (χ0) is 15.5. The van der Waals surface area contributed by atoms with Crippen molar-refractivity contribution in [2.75, 3.05) is 11.5 Å². The van der Waals surface area contributed by atoms with Crippen LogP contribution in [0.15, 0.2) is 66.7 Å². The number of anilines is 2. The maximum Gasteiger partial charge on any atom is 0.100 e. The van der Waals surface area contributed by atoms with Crippen molar-refractivity contribution in [3.63, 3.8) is 0 Å². The van der Waals surface area contributed by atoms with Gasteiger partial charge < -0.3 is 11.5 Å². The van der Waals surface area contributed by atoms with E-state index in [1.165, 1.54) is 0 Å². The lowest BCUT2D eigenvalue weighted by Gasteiger charge is -2.11. The van der Waals surface area contributed by atoms with Crippen LogP contribution in [-0.2, 0) is 0 Å². The van der Waals surface area contributed by atoms with E-state index in [-0.39, 0.29) is 0 Å². The lowest BCUT2D eigenvalue weighted by molar-refractivity contribution is 1.47. The van der Waals surface area contributed by atoms with Gasteiger partial charge in [0.25, 0.3) is 0 Å². The average Bonchev–Trinajstić information content (AvgIpc) is 2.54. The summed E-state index contributed by atoms with van der Waals surface area (Å²) in [6.45, 7) is 0. The van der Waals surface area contributed by atoms with Gasteiger partial charge in [0, 0.05) is 22.5 Å². The summed E-state index contributed by atoms with van der Waals surface area (Å²) in [5.74, 6) is 0. The molecule has 0 heterocycles. The molecule has 0 spiro atoms. The van der Waals surface area contributed by atoms with Crippen LogP contribution in [0.1, 0.15) is 5.56 Å². The third-order valence-electron chi connectivity index (χ3n) is 3.57. The lowest BCUT2D eigenvalue weighted by atomic mass is 9.92. The second-order valence-electron chi connectivity index (χ2n) is 5.09. The van der Waals surface area contributed by atoms with Crippen LogP contribution in [0, 0.1) is 11.3 Å². The number of hydrogen-bond donors (Lipinski definition) is 2. The van der Waals surface area contributed by atoms with Crippen LogP contribution in [0.25, 0.3) is 22.3 Å². The average molecular weight is 285 g/mol. The summed E-state index contributed by atoms with van der Waals surface area (Å²) in [5.41, 5.74) is 17.3. The van der Waals surface area contributed by atoms with Crippen LogP contribution < -0.4 is 11.5 Å². The molecule has 0 aliphatic rings. The van der Waals surface area contributed by atoms with Gasteiger partial charge in [-0.2, -0.15) is 5.26 Å². The van der Waals surface area contributed by atoms with Crippen LogP contribution in [0.3, 0.4) is 0 Å². The normalized spacial score (nSPS) is 10.1. The highest BCUT2D eigenvalue weighted by Gasteiger charge is 2.11. The summed E-state index contributed by atoms with van der Waals surface area (Å²) < 4.78 is 0. The molecule has 0 radical (unpaired) electrons. The van der Waals surface area contributed by atoms with Gasteiger partial charge in [-0.05, 0) is 35.4 Å².